The predicted molar refractivity (Wildman–Crippen MR) is 45.0 cm³/mol. The number of alkyl halides is 3. The Kier molecular flexibility index (Phi) is 2.67. The zero-order valence-corrected chi connectivity index (χ0v) is 8.31. The minimum absolute atomic E-state index is 0.130. The van der Waals surface area contributed by atoms with Gasteiger partial charge in [0, 0.05) is 12.0 Å². The number of amides is 3. The molecule has 0 spiro atoms. The molecular formula is C8H11F3N2O2. The Labute approximate surface area is 84.4 Å². The molecule has 1 heterocycles. The van der Waals surface area contributed by atoms with E-state index in [0.717, 1.165) is 0 Å². The molecule has 0 atom stereocenters. The van der Waals surface area contributed by atoms with E-state index in [1.54, 1.807) is 13.8 Å². The molecule has 0 aromatic rings. The molecule has 0 aromatic heterocycles. The Hall–Kier alpha value is -1.27. The van der Waals surface area contributed by atoms with Crippen LogP contribution in [0.25, 0.3) is 0 Å². The molecule has 0 aromatic carbocycles. The van der Waals surface area contributed by atoms with Crippen LogP contribution in [0, 0.1) is 0 Å². The summed E-state index contributed by atoms with van der Waals surface area (Å²) in [6.45, 7) is 1.62. The fraction of sp³-hybridized carbons (Fsp3) is 0.750. The summed E-state index contributed by atoms with van der Waals surface area (Å²) in [4.78, 5) is 22.6. The molecule has 7 heteroatoms. The molecule has 1 saturated heterocycles. The fourth-order valence-electron chi connectivity index (χ4n) is 1.33. The lowest BCUT2D eigenvalue weighted by Crippen LogP contribution is -2.60. The number of imide groups is 1. The second-order valence-corrected chi connectivity index (χ2v) is 4.09. The highest BCUT2D eigenvalue weighted by molar-refractivity contribution is 5.97. The molecule has 1 aliphatic rings. The fourth-order valence-corrected chi connectivity index (χ4v) is 1.33. The maximum Gasteiger partial charge on any atom is 0.406 e. The summed E-state index contributed by atoms with van der Waals surface area (Å²) in [6.07, 6.45) is -4.69. The summed E-state index contributed by atoms with van der Waals surface area (Å²) in [5.41, 5.74) is -0.781. The lowest BCUT2D eigenvalue weighted by Gasteiger charge is -2.36. The number of carbonyl (C=O) groups is 2. The largest absolute Gasteiger partial charge is 0.406 e. The molecule has 1 fully saturated rings. The summed E-state index contributed by atoms with van der Waals surface area (Å²) in [7, 11) is 0. The molecule has 0 radical (unpaired) electrons. The van der Waals surface area contributed by atoms with Crippen LogP contribution in [-0.2, 0) is 4.79 Å². The van der Waals surface area contributed by atoms with Crippen LogP contribution >= 0.6 is 0 Å². The van der Waals surface area contributed by atoms with Crippen LogP contribution in [-0.4, -0.2) is 35.1 Å². The van der Waals surface area contributed by atoms with Crippen molar-refractivity contribution in [1.82, 2.24) is 10.2 Å². The van der Waals surface area contributed by atoms with Crippen LogP contribution < -0.4 is 5.32 Å². The first-order valence-electron chi connectivity index (χ1n) is 4.30. The Bertz CT molecular complexity index is 279. The standard InChI is InChI=1S/C8H11F3N2O2/c1-7(2)3-5(14)13(6(15)12-7)4-8(9,10)11/h3-4H2,1-2H3,(H,12,15). The van der Waals surface area contributed by atoms with Crippen molar-refractivity contribution in [2.45, 2.75) is 32.0 Å². The zero-order valence-electron chi connectivity index (χ0n) is 8.31. The molecule has 86 valence electrons. The van der Waals surface area contributed by atoms with E-state index in [1.165, 1.54) is 0 Å². The molecule has 0 aliphatic carbocycles. The highest BCUT2D eigenvalue weighted by atomic mass is 19.4. The zero-order chi connectivity index (χ0) is 11.9. The van der Waals surface area contributed by atoms with E-state index in [-0.39, 0.29) is 11.3 Å². The van der Waals surface area contributed by atoms with Crippen molar-refractivity contribution in [3.05, 3.63) is 0 Å². The molecule has 1 rings (SSSR count). The molecule has 1 N–H and O–H groups in total. The van der Waals surface area contributed by atoms with Crippen molar-refractivity contribution in [2.24, 2.45) is 0 Å². The molecule has 0 saturated carbocycles. The van der Waals surface area contributed by atoms with Crippen molar-refractivity contribution in [3.63, 3.8) is 0 Å². The van der Waals surface area contributed by atoms with Gasteiger partial charge in [-0.2, -0.15) is 13.2 Å². The van der Waals surface area contributed by atoms with Gasteiger partial charge in [0.25, 0.3) is 0 Å². The van der Waals surface area contributed by atoms with E-state index in [2.05, 4.69) is 5.32 Å². The maximum absolute atomic E-state index is 12.0. The Balaban J connectivity index is 2.76. The van der Waals surface area contributed by atoms with Crippen molar-refractivity contribution < 1.29 is 22.8 Å². The lowest BCUT2D eigenvalue weighted by molar-refractivity contribution is -0.157. The third-order valence-corrected chi connectivity index (χ3v) is 1.92. The smallest absolute Gasteiger partial charge is 0.332 e. The molecular weight excluding hydrogens is 213 g/mol. The Morgan fingerprint density at radius 1 is 1.40 bits per heavy atom. The maximum atomic E-state index is 12.0. The van der Waals surface area contributed by atoms with Gasteiger partial charge in [0.1, 0.15) is 6.54 Å². The number of halogens is 3. The van der Waals surface area contributed by atoms with Gasteiger partial charge in [-0.1, -0.05) is 0 Å². The van der Waals surface area contributed by atoms with Crippen LogP contribution in [0.15, 0.2) is 0 Å². The van der Waals surface area contributed by atoms with Gasteiger partial charge in [-0.25, -0.2) is 4.79 Å². The van der Waals surface area contributed by atoms with Gasteiger partial charge >= 0.3 is 12.2 Å². The minimum atomic E-state index is -4.56. The first-order valence-corrected chi connectivity index (χ1v) is 4.30. The second kappa shape index (κ2) is 3.39. The average Bonchev–Trinajstić information content (AvgIpc) is 1.93. The topological polar surface area (TPSA) is 49.4 Å². The van der Waals surface area contributed by atoms with Gasteiger partial charge in [0.15, 0.2) is 0 Å². The van der Waals surface area contributed by atoms with Gasteiger partial charge in [-0.15, -0.1) is 0 Å². The van der Waals surface area contributed by atoms with Crippen molar-refractivity contribution in [3.8, 4) is 0 Å². The average molecular weight is 224 g/mol. The van der Waals surface area contributed by atoms with Crippen molar-refractivity contribution in [1.29, 1.82) is 0 Å². The molecule has 0 bridgehead atoms. The summed E-state index contributed by atoms with van der Waals surface area (Å²) in [5.74, 6) is -0.805. The van der Waals surface area contributed by atoms with Crippen molar-refractivity contribution in [2.75, 3.05) is 6.54 Å². The van der Waals surface area contributed by atoms with Crippen molar-refractivity contribution >= 4 is 11.9 Å². The lowest BCUT2D eigenvalue weighted by atomic mass is 9.98. The first-order chi connectivity index (χ1) is 6.61. The van der Waals surface area contributed by atoms with E-state index >= 15 is 0 Å². The number of hydrogen-bond donors (Lipinski definition) is 1. The number of nitrogens with one attached hydrogen (secondary N) is 1. The summed E-state index contributed by atoms with van der Waals surface area (Å²) < 4.78 is 36.0. The normalized spacial score (nSPS) is 21.5. The van der Waals surface area contributed by atoms with Crippen LogP contribution in [0.4, 0.5) is 18.0 Å². The summed E-state index contributed by atoms with van der Waals surface area (Å²) in [6, 6.07) is -0.992. The van der Waals surface area contributed by atoms with E-state index in [0.29, 0.717) is 0 Å². The molecule has 0 unspecified atom stereocenters. The van der Waals surface area contributed by atoms with Gasteiger partial charge in [-0.3, -0.25) is 9.69 Å². The summed E-state index contributed by atoms with van der Waals surface area (Å²) >= 11 is 0. The Morgan fingerprint density at radius 2 is 1.93 bits per heavy atom. The second-order valence-electron chi connectivity index (χ2n) is 4.09. The van der Waals surface area contributed by atoms with Gasteiger partial charge in [0.2, 0.25) is 5.91 Å². The minimum Gasteiger partial charge on any atom is -0.332 e. The monoisotopic (exact) mass is 224 g/mol. The SMILES string of the molecule is CC1(C)CC(=O)N(CC(F)(F)F)C(=O)N1. The molecule has 3 amide bonds. The number of urea groups is 1. The summed E-state index contributed by atoms with van der Waals surface area (Å²) in [5, 5.41) is 2.32. The van der Waals surface area contributed by atoms with E-state index in [1.807, 2.05) is 0 Å². The Morgan fingerprint density at radius 3 is 2.33 bits per heavy atom. The first kappa shape index (κ1) is 11.8. The third-order valence-electron chi connectivity index (χ3n) is 1.92. The number of hydrogen-bond acceptors (Lipinski definition) is 2. The van der Waals surface area contributed by atoms with Crippen LogP contribution in [0.5, 0.6) is 0 Å². The van der Waals surface area contributed by atoms with E-state index in [4.69, 9.17) is 0 Å². The third kappa shape index (κ3) is 3.10. The highest BCUT2D eigenvalue weighted by Gasteiger charge is 2.42. The van der Waals surface area contributed by atoms with Gasteiger partial charge in [-0.05, 0) is 13.8 Å². The number of carbonyl (C=O) groups excluding carboxylic acids is 2. The predicted octanol–water partition coefficient (Wildman–Crippen LogP) is 1.27. The van der Waals surface area contributed by atoms with E-state index < -0.39 is 30.2 Å². The highest BCUT2D eigenvalue weighted by Crippen LogP contribution is 2.22. The van der Waals surface area contributed by atoms with Gasteiger partial charge in [0.05, 0.1) is 0 Å². The quantitative estimate of drug-likeness (QED) is 0.729. The van der Waals surface area contributed by atoms with Crippen LogP contribution in [0.2, 0.25) is 0 Å². The molecule has 15 heavy (non-hydrogen) atoms. The van der Waals surface area contributed by atoms with Crippen LogP contribution in [0.1, 0.15) is 20.3 Å². The number of rotatable bonds is 1. The van der Waals surface area contributed by atoms with Gasteiger partial charge < -0.3 is 5.32 Å². The molecule has 1 aliphatic heterocycles. The van der Waals surface area contributed by atoms with E-state index in [9.17, 15) is 22.8 Å². The van der Waals surface area contributed by atoms with Crippen LogP contribution in [0.3, 0.4) is 0 Å². The molecule has 4 nitrogen and oxygen atoms in total. The number of nitrogens with zero attached hydrogens (tertiary/aromatic N) is 1.